The fraction of sp³-hybridized carbons (Fsp3) is 0.318. The number of carbonyl (C=O) groups excluding carboxylic acids is 1. The van der Waals surface area contributed by atoms with Crippen LogP contribution in [0.1, 0.15) is 24.9 Å². The first kappa shape index (κ1) is 20.4. The number of aromatic nitrogens is 3. The second kappa shape index (κ2) is 9.73. The molecule has 0 unspecified atom stereocenters. The third-order valence-electron chi connectivity index (χ3n) is 5.10. The standard InChI is InChI=1S/C22H28N6O/c1-18(19-10-12-21(13-11-19)28-17-23-16-25-28)27(3)22(29)24-14-7-15-26(2)20-8-5-4-6-9-20/h4-6,8-13,16-18H,7,14-15H2,1-3H3,(H,24,29)/t18-/m0/s1. The number of benzene rings is 2. The van der Waals surface area contributed by atoms with Crippen molar-refractivity contribution in [3.05, 3.63) is 72.8 Å². The molecule has 1 atom stereocenters. The number of nitrogens with one attached hydrogen (secondary N) is 1. The van der Waals surface area contributed by atoms with Gasteiger partial charge in [-0.15, -0.1) is 0 Å². The van der Waals surface area contributed by atoms with E-state index in [0.717, 1.165) is 24.2 Å². The Morgan fingerprint density at radius 3 is 2.48 bits per heavy atom. The highest BCUT2D eigenvalue weighted by Gasteiger charge is 2.17. The van der Waals surface area contributed by atoms with Crippen molar-refractivity contribution in [2.45, 2.75) is 19.4 Å². The Labute approximate surface area is 172 Å². The Balaban J connectivity index is 1.45. The maximum atomic E-state index is 12.5. The highest BCUT2D eigenvalue weighted by atomic mass is 16.2. The molecule has 0 fully saturated rings. The molecule has 3 aromatic rings. The SMILES string of the molecule is C[C@@H](c1ccc(-n2cncn2)cc1)N(C)C(=O)NCCCN(C)c1ccccc1. The number of anilines is 1. The molecule has 0 aliphatic heterocycles. The topological polar surface area (TPSA) is 66.3 Å². The molecule has 1 N–H and O–H groups in total. The molecule has 2 aromatic carbocycles. The Morgan fingerprint density at radius 1 is 1.10 bits per heavy atom. The van der Waals surface area contributed by atoms with E-state index in [1.54, 1.807) is 15.9 Å². The van der Waals surface area contributed by atoms with E-state index >= 15 is 0 Å². The highest BCUT2D eigenvalue weighted by Crippen LogP contribution is 2.20. The molecule has 1 aromatic heterocycles. The number of rotatable bonds is 8. The Morgan fingerprint density at radius 2 is 1.83 bits per heavy atom. The maximum Gasteiger partial charge on any atom is 0.317 e. The highest BCUT2D eigenvalue weighted by molar-refractivity contribution is 5.74. The quantitative estimate of drug-likeness (QED) is 0.596. The number of nitrogens with zero attached hydrogens (tertiary/aromatic N) is 5. The molecule has 1 heterocycles. The summed E-state index contributed by atoms with van der Waals surface area (Å²) < 4.78 is 1.71. The van der Waals surface area contributed by atoms with Gasteiger partial charge in [0, 0.05) is 32.9 Å². The lowest BCUT2D eigenvalue weighted by atomic mass is 10.1. The second-order valence-electron chi connectivity index (χ2n) is 7.06. The molecule has 0 spiro atoms. The van der Waals surface area contributed by atoms with Crippen LogP contribution in [0, 0.1) is 0 Å². The third kappa shape index (κ3) is 5.34. The summed E-state index contributed by atoms with van der Waals surface area (Å²) in [7, 11) is 3.88. The summed E-state index contributed by atoms with van der Waals surface area (Å²) in [5.74, 6) is 0. The number of hydrogen-bond acceptors (Lipinski definition) is 4. The Kier molecular flexibility index (Phi) is 6.84. The average molecular weight is 393 g/mol. The van der Waals surface area contributed by atoms with Crippen molar-refractivity contribution in [1.82, 2.24) is 25.0 Å². The van der Waals surface area contributed by atoms with Crippen molar-refractivity contribution in [2.75, 3.05) is 32.1 Å². The first-order valence-electron chi connectivity index (χ1n) is 9.78. The normalized spacial score (nSPS) is 11.7. The van der Waals surface area contributed by atoms with Gasteiger partial charge < -0.3 is 15.1 Å². The summed E-state index contributed by atoms with van der Waals surface area (Å²) in [5, 5.41) is 7.14. The molecule has 0 aliphatic carbocycles. The van der Waals surface area contributed by atoms with E-state index in [4.69, 9.17) is 0 Å². The molecule has 152 valence electrons. The van der Waals surface area contributed by atoms with Crippen LogP contribution >= 0.6 is 0 Å². The van der Waals surface area contributed by atoms with Crippen LogP contribution in [0.15, 0.2) is 67.3 Å². The third-order valence-corrected chi connectivity index (χ3v) is 5.10. The van der Waals surface area contributed by atoms with Crippen molar-refractivity contribution < 1.29 is 4.79 Å². The minimum Gasteiger partial charge on any atom is -0.375 e. The van der Waals surface area contributed by atoms with Gasteiger partial charge in [-0.1, -0.05) is 30.3 Å². The molecule has 0 bridgehead atoms. The molecule has 0 saturated heterocycles. The summed E-state index contributed by atoms with van der Waals surface area (Å²) >= 11 is 0. The lowest BCUT2D eigenvalue weighted by Crippen LogP contribution is -2.39. The first-order chi connectivity index (χ1) is 14.1. The van der Waals surface area contributed by atoms with E-state index in [0.29, 0.717) is 6.54 Å². The zero-order valence-corrected chi connectivity index (χ0v) is 17.2. The van der Waals surface area contributed by atoms with Crippen molar-refractivity contribution in [2.24, 2.45) is 0 Å². The maximum absolute atomic E-state index is 12.5. The van der Waals surface area contributed by atoms with Crippen LogP contribution < -0.4 is 10.2 Å². The van der Waals surface area contributed by atoms with Crippen LogP contribution in [0.4, 0.5) is 10.5 Å². The number of para-hydroxylation sites is 1. The smallest absolute Gasteiger partial charge is 0.317 e. The van der Waals surface area contributed by atoms with Gasteiger partial charge in [0.15, 0.2) is 0 Å². The number of carbonyl (C=O) groups is 1. The molecule has 0 saturated carbocycles. The van der Waals surface area contributed by atoms with E-state index in [2.05, 4.69) is 39.5 Å². The van der Waals surface area contributed by atoms with Crippen molar-refractivity contribution in [3.63, 3.8) is 0 Å². The van der Waals surface area contributed by atoms with E-state index < -0.39 is 0 Å². The van der Waals surface area contributed by atoms with Crippen LogP contribution in [-0.4, -0.2) is 52.9 Å². The van der Waals surface area contributed by atoms with Crippen molar-refractivity contribution >= 4 is 11.7 Å². The van der Waals surface area contributed by atoms with Gasteiger partial charge in [-0.05, 0) is 43.2 Å². The van der Waals surface area contributed by atoms with Gasteiger partial charge >= 0.3 is 6.03 Å². The predicted octanol–water partition coefficient (Wildman–Crippen LogP) is 3.50. The summed E-state index contributed by atoms with van der Waals surface area (Å²) in [5.41, 5.74) is 3.18. The largest absolute Gasteiger partial charge is 0.375 e. The summed E-state index contributed by atoms with van der Waals surface area (Å²) in [6.45, 7) is 3.54. The second-order valence-corrected chi connectivity index (χ2v) is 7.06. The monoisotopic (exact) mass is 392 g/mol. The fourth-order valence-electron chi connectivity index (χ4n) is 3.09. The molecule has 7 nitrogen and oxygen atoms in total. The van der Waals surface area contributed by atoms with Crippen LogP contribution in [0.25, 0.3) is 5.69 Å². The van der Waals surface area contributed by atoms with E-state index in [1.807, 2.05) is 56.4 Å². The Hall–Kier alpha value is -3.35. The number of urea groups is 1. The molecular weight excluding hydrogens is 364 g/mol. The van der Waals surface area contributed by atoms with Gasteiger partial charge in [-0.25, -0.2) is 14.5 Å². The molecule has 29 heavy (non-hydrogen) atoms. The average Bonchev–Trinajstić information content (AvgIpc) is 3.31. The van der Waals surface area contributed by atoms with E-state index in [9.17, 15) is 4.79 Å². The Bertz CT molecular complexity index is 879. The van der Waals surface area contributed by atoms with Crippen LogP contribution in [-0.2, 0) is 0 Å². The summed E-state index contributed by atoms with van der Waals surface area (Å²) in [6.07, 6.45) is 4.05. The van der Waals surface area contributed by atoms with Crippen LogP contribution in [0.2, 0.25) is 0 Å². The van der Waals surface area contributed by atoms with Gasteiger partial charge in [0.05, 0.1) is 11.7 Å². The molecule has 3 rings (SSSR count). The van der Waals surface area contributed by atoms with Gasteiger partial charge in [-0.3, -0.25) is 0 Å². The van der Waals surface area contributed by atoms with E-state index in [1.165, 1.54) is 12.0 Å². The fourth-order valence-corrected chi connectivity index (χ4v) is 3.09. The molecule has 0 aliphatic rings. The number of amides is 2. The molecule has 2 amide bonds. The zero-order chi connectivity index (χ0) is 20.6. The number of hydrogen-bond donors (Lipinski definition) is 1. The molecule has 0 radical (unpaired) electrons. The van der Waals surface area contributed by atoms with Crippen LogP contribution in [0.5, 0.6) is 0 Å². The van der Waals surface area contributed by atoms with E-state index in [-0.39, 0.29) is 12.1 Å². The molecular formula is C22H28N6O. The van der Waals surface area contributed by atoms with Gasteiger partial charge in [0.1, 0.15) is 12.7 Å². The lowest BCUT2D eigenvalue weighted by Gasteiger charge is -2.26. The molecule has 7 heteroatoms. The van der Waals surface area contributed by atoms with Gasteiger partial charge in [0.25, 0.3) is 0 Å². The van der Waals surface area contributed by atoms with Crippen molar-refractivity contribution in [3.8, 4) is 5.69 Å². The minimum atomic E-state index is -0.0692. The summed E-state index contributed by atoms with van der Waals surface area (Å²) in [4.78, 5) is 20.4. The summed E-state index contributed by atoms with van der Waals surface area (Å²) in [6, 6.07) is 18.1. The minimum absolute atomic E-state index is 0.0354. The van der Waals surface area contributed by atoms with Gasteiger partial charge in [0.2, 0.25) is 0 Å². The van der Waals surface area contributed by atoms with Crippen LogP contribution in [0.3, 0.4) is 0 Å². The lowest BCUT2D eigenvalue weighted by molar-refractivity contribution is 0.194. The van der Waals surface area contributed by atoms with Gasteiger partial charge in [-0.2, -0.15) is 5.10 Å². The first-order valence-corrected chi connectivity index (χ1v) is 9.78. The predicted molar refractivity (Wildman–Crippen MR) is 115 cm³/mol. The van der Waals surface area contributed by atoms with Crippen molar-refractivity contribution in [1.29, 1.82) is 0 Å². The zero-order valence-electron chi connectivity index (χ0n) is 17.2.